The molecule has 3 amide bonds. The van der Waals surface area contributed by atoms with Crippen molar-refractivity contribution in [2.75, 3.05) is 32.8 Å². The first-order chi connectivity index (χ1) is 23.0. The van der Waals surface area contributed by atoms with Crippen molar-refractivity contribution in [2.24, 2.45) is 0 Å². The smallest absolute Gasteiger partial charge is 0.408 e. The average Bonchev–Trinajstić information content (AvgIpc) is 3.61. The van der Waals surface area contributed by atoms with E-state index in [4.69, 9.17) is 14.2 Å². The zero-order valence-corrected chi connectivity index (χ0v) is 26.5. The van der Waals surface area contributed by atoms with E-state index in [1.54, 1.807) is 6.20 Å². The number of nitrogens with one attached hydrogen (secondary N) is 3. The molecule has 0 fully saturated rings. The van der Waals surface area contributed by atoms with Crippen LogP contribution in [0, 0.1) is 0 Å². The topological polar surface area (TPSA) is 135 Å². The number of aromatic nitrogens is 2. The molecule has 3 aromatic carbocycles. The highest BCUT2D eigenvalue weighted by atomic mass is 16.5. The van der Waals surface area contributed by atoms with E-state index in [0.717, 1.165) is 29.5 Å². The molecule has 3 N–H and O–H groups in total. The van der Waals surface area contributed by atoms with Gasteiger partial charge in [0.1, 0.15) is 12.6 Å². The summed E-state index contributed by atoms with van der Waals surface area (Å²) in [7, 11) is 0. The van der Waals surface area contributed by atoms with Crippen LogP contribution in [0.15, 0.2) is 104 Å². The van der Waals surface area contributed by atoms with E-state index in [1.807, 2.05) is 95.9 Å². The van der Waals surface area contributed by atoms with Gasteiger partial charge in [0.2, 0.25) is 11.8 Å². The molecule has 0 saturated carbocycles. The second kappa shape index (κ2) is 20.3. The third-order valence-corrected chi connectivity index (χ3v) is 7.21. The van der Waals surface area contributed by atoms with Crippen LogP contribution in [0.25, 0.3) is 0 Å². The van der Waals surface area contributed by atoms with Gasteiger partial charge in [-0.05, 0) is 36.1 Å². The van der Waals surface area contributed by atoms with Crippen molar-refractivity contribution in [3.8, 4) is 0 Å². The van der Waals surface area contributed by atoms with Crippen LogP contribution >= 0.6 is 0 Å². The zero-order chi connectivity index (χ0) is 32.9. The molecule has 0 bridgehead atoms. The van der Waals surface area contributed by atoms with E-state index >= 15 is 0 Å². The number of carbonyl (C=O) groups is 3. The second-order valence-electron chi connectivity index (χ2n) is 11.0. The lowest BCUT2D eigenvalue weighted by Gasteiger charge is -2.23. The van der Waals surface area contributed by atoms with Crippen molar-refractivity contribution < 1.29 is 28.6 Å². The van der Waals surface area contributed by atoms with Crippen LogP contribution in [0.2, 0.25) is 0 Å². The van der Waals surface area contributed by atoms with Gasteiger partial charge in [-0.25, -0.2) is 9.78 Å². The van der Waals surface area contributed by atoms with Crippen molar-refractivity contribution in [1.29, 1.82) is 0 Å². The number of alkyl carbamates (subject to hydrolysis) is 1. The van der Waals surface area contributed by atoms with Gasteiger partial charge in [-0.2, -0.15) is 0 Å². The Morgan fingerprint density at radius 2 is 1.34 bits per heavy atom. The van der Waals surface area contributed by atoms with Crippen molar-refractivity contribution in [3.05, 3.63) is 126 Å². The summed E-state index contributed by atoms with van der Waals surface area (Å²) in [5.74, 6) is -1.13. The van der Waals surface area contributed by atoms with Crippen LogP contribution in [-0.4, -0.2) is 71.7 Å². The first-order valence-corrected chi connectivity index (χ1v) is 15.8. The molecule has 1 aromatic heterocycles. The molecule has 1 atom stereocenters. The van der Waals surface area contributed by atoms with Crippen LogP contribution in [-0.2, 0) is 50.0 Å². The lowest BCUT2D eigenvalue weighted by atomic mass is 10.1. The molecule has 0 radical (unpaired) electrons. The molecule has 47 heavy (non-hydrogen) atoms. The van der Waals surface area contributed by atoms with Gasteiger partial charge < -0.3 is 24.5 Å². The molecule has 248 valence electrons. The number of amides is 3. The second-order valence-corrected chi connectivity index (χ2v) is 11.0. The summed E-state index contributed by atoms with van der Waals surface area (Å²) in [4.78, 5) is 47.9. The summed E-state index contributed by atoms with van der Waals surface area (Å²) in [5, 5.41) is 5.03. The van der Waals surface area contributed by atoms with Crippen LogP contribution < -0.4 is 10.6 Å². The van der Waals surface area contributed by atoms with Gasteiger partial charge in [-0.15, -0.1) is 0 Å². The minimum Gasteiger partial charge on any atom is -0.445 e. The van der Waals surface area contributed by atoms with Gasteiger partial charge in [-0.1, -0.05) is 91.0 Å². The van der Waals surface area contributed by atoms with Gasteiger partial charge in [0.25, 0.3) is 0 Å². The Hall–Kier alpha value is -4.84. The number of carbonyl (C=O) groups excluding carboxylic acids is 3. The van der Waals surface area contributed by atoms with E-state index in [2.05, 4.69) is 20.6 Å². The molecule has 1 heterocycles. The third kappa shape index (κ3) is 14.0. The normalized spacial score (nSPS) is 11.6. The van der Waals surface area contributed by atoms with Gasteiger partial charge >= 0.3 is 6.09 Å². The molecule has 0 saturated heterocycles. The maximum Gasteiger partial charge on any atom is 0.408 e. The summed E-state index contributed by atoms with van der Waals surface area (Å²) in [5.41, 5.74) is 3.54. The minimum absolute atomic E-state index is 0.0150. The number of aromatic amines is 1. The highest BCUT2D eigenvalue weighted by Gasteiger charge is 2.25. The summed E-state index contributed by atoms with van der Waals surface area (Å²) in [6.45, 7) is 3.17. The Balaban J connectivity index is 1.27. The molecule has 0 aliphatic rings. The first kappa shape index (κ1) is 35.0. The number of hydrogen-bond donors (Lipinski definition) is 3. The van der Waals surface area contributed by atoms with Gasteiger partial charge in [0, 0.05) is 25.8 Å². The van der Waals surface area contributed by atoms with E-state index in [1.165, 1.54) is 6.33 Å². The third-order valence-electron chi connectivity index (χ3n) is 7.21. The van der Waals surface area contributed by atoms with Crippen molar-refractivity contribution >= 4 is 17.9 Å². The number of imide groups is 1. The van der Waals surface area contributed by atoms with Gasteiger partial charge in [0.05, 0.1) is 38.4 Å². The van der Waals surface area contributed by atoms with Crippen LogP contribution in [0.5, 0.6) is 0 Å². The number of nitrogens with zero attached hydrogens (tertiary/aromatic N) is 2. The Morgan fingerprint density at radius 3 is 1.94 bits per heavy atom. The standard InChI is InChI=1S/C36H43N5O6/c42-34(40-35(43)33(22-32-23-37-28-38-32)39-36(44)47-27-31-16-8-3-9-17-31)24-41(19-21-46-26-30-14-6-2-7-15-30)18-10-11-20-45-25-29-12-4-1-5-13-29/h1-9,12-17,23,28,33H,10-11,18-22,24-27H2,(H,37,38)(H,39,44)(H,40,42,43)/t33-/m0/s1. The lowest BCUT2D eigenvalue weighted by Crippen LogP contribution is -2.51. The fraction of sp³-hybridized carbons (Fsp3) is 0.333. The van der Waals surface area contributed by atoms with Crippen LogP contribution in [0.3, 0.4) is 0 Å². The predicted molar refractivity (Wildman–Crippen MR) is 177 cm³/mol. The molecular formula is C36H43N5O6. The summed E-state index contributed by atoms with van der Waals surface area (Å²) < 4.78 is 17.0. The SMILES string of the molecule is O=C(CN(CCCCOCc1ccccc1)CCOCc1ccccc1)NC(=O)[C@H](Cc1c[nH]cn1)NC(=O)OCc1ccccc1. The number of unbranched alkanes of at least 4 members (excludes halogenated alkanes) is 1. The summed E-state index contributed by atoms with van der Waals surface area (Å²) in [6.07, 6.45) is 4.01. The molecule has 11 heteroatoms. The molecule has 0 aliphatic heterocycles. The highest BCUT2D eigenvalue weighted by molar-refractivity contribution is 5.99. The Labute approximate surface area is 275 Å². The molecule has 0 unspecified atom stereocenters. The number of rotatable bonds is 20. The van der Waals surface area contributed by atoms with E-state index < -0.39 is 23.9 Å². The Morgan fingerprint density at radius 1 is 0.745 bits per heavy atom. The van der Waals surface area contributed by atoms with E-state index in [9.17, 15) is 14.4 Å². The molecule has 11 nitrogen and oxygen atoms in total. The van der Waals surface area contributed by atoms with E-state index in [0.29, 0.717) is 45.2 Å². The number of hydrogen-bond acceptors (Lipinski definition) is 8. The maximum absolute atomic E-state index is 13.2. The molecule has 0 aliphatic carbocycles. The number of imidazole rings is 1. The first-order valence-electron chi connectivity index (χ1n) is 15.8. The quantitative estimate of drug-likeness (QED) is 0.121. The van der Waals surface area contributed by atoms with Crippen molar-refractivity contribution in [1.82, 2.24) is 25.5 Å². The largest absolute Gasteiger partial charge is 0.445 e. The minimum atomic E-state index is -1.07. The molecule has 0 spiro atoms. The predicted octanol–water partition coefficient (Wildman–Crippen LogP) is 4.41. The highest BCUT2D eigenvalue weighted by Crippen LogP contribution is 2.06. The summed E-state index contributed by atoms with van der Waals surface area (Å²) >= 11 is 0. The average molecular weight is 642 g/mol. The van der Waals surface area contributed by atoms with Gasteiger partial charge in [0.15, 0.2) is 0 Å². The Bertz CT molecular complexity index is 1460. The molecule has 4 rings (SSSR count). The van der Waals surface area contributed by atoms with Crippen LogP contribution in [0.4, 0.5) is 4.79 Å². The maximum atomic E-state index is 13.2. The zero-order valence-electron chi connectivity index (χ0n) is 26.5. The lowest BCUT2D eigenvalue weighted by molar-refractivity contribution is -0.132. The number of H-pyrrole nitrogens is 1. The number of ether oxygens (including phenoxy) is 3. The van der Waals surface area contributed by atoms with Crippen molar-refractivity contribution in [3.63, 3.8) is 0 Å². The fourth-order valence-corrected chi connectivity index (χ4v) is 4.73. The van der Waals surface area contributed by atoms with E-state index in [-0.39, 0.29) is 19.6 Å². The number of benzene rings is 3. The van der Waals surface area contributed by atoms with Gasteiger partial charge in [-0.3, -0.25) is 19.8 Å². The summed E-state index contributed by atoms with van der Waals surface area (Å²) in [6, 6.07) is 28.0. The monoisotopic (exact) mass is 641 g/mol. The Kier molecular flexibility index (Phi) is 15.1. The fourth-order valence-electron chi connectivity index (χ4n) is 4.73. The van der Waals surface area contributed by atoms with Crippen LogP contribution in [0.1, 0.15) is 35.2 Å². The molecule has 4 aromatic rings. The van der Waals surface area contributed by atoms with Crippen molar-refractivity contribution in [2.45, 2.75) is 45.1 Å². The molecular weight excluding hydrogens is 598 g/mol.